The molecule has 1 N–H and O–H groups in total. The molecule has 0 radical (unpaired) electrons. The largest absolute Gasteiger partial charge is 0.374 e. The second-order valence-corrected chi connectivity index (χ2v) is 11.1. The molecular weight excluding hydrogens is 501 g/mol. The normalized spacial score (nSPS) is 25.7. The van der Waals surface area contributed by atoms with E-state index < -0.39 is 44.3 Å². The van der Waals surface area contributed by atoms with Gasteiger partial charge in [-0.05, 0) is 40.5 Å². The molecule has 2 aliphatic rings. The highest BCUT2D eigenvalue weighted by Crippen LogP contribution is 2.50. The minimum Gasteiger partial charge on any atom is -0.374 e. The minimum atomic E-state index is -1.60. The lowest BCUT2D eigenvalue weighted by atomic mass is 10.1. The molecule has 37 heavy (non-hydrogen) atoms. The predicted octanol–water partition coefficient (Wildman–Crippen LogP) is 2.53. The van der Waals surface area contributed by atoms with Crippen molar-refractivity contribution in [1.82, 2.24) is 19.3 Å². The summed E-state index contributed by atoms with van der Waals surface area (Å²) in [6.45, 7) is 10.3. The SMILES string of the molecule is COC1C(OP(OCCC#N)N(C(C)C)C(C)C)C(CON2CCCCC2)OC1n1ccc(=O)[nH]c1=O. The van der Waals surface area contributed by atoms with Crippen LogP contribution in [0.3, 0.4) is 0 Å². The quantitative estimate of drug-likeness (QED) is 0.294. The maximum absolute atomic E-state index is 12.6. The number of piperidine rings is 1. The lowest BCUT2D eigenvalue weighted by molar-refractivity contribution is -0.199. The third-order valence-electron chi connectivity index (χ3n) is 6.29. The second-order valence-electron chi connectivity index (χ2n) is 9.68. The van der Waals surface area contributed by atoms with Gasteiger partial charge in [0.25, 0.3) is 14.1 Å². The molecule has 3 heterocycles. The maximum Gasteiger partial charge on any atom is 0.330 e. The third kappa shape index (κ3) is 7.91. The summed E-state index contributed by atoms with van der Waals surface area (Å²) in [5, 5.41) is 11.0. The van der Waals surface area contributed by atoms with Gasteiger partial charge >= 0.3 is 5.69 Å². The van der Waals surface area contributed by atoms with E-state index >= 15 is 0 Å². The van der Waals surface area contributed by atoms with Crippen molar-refractivity contribution in [3.05, 3.63) is 33.1 Å². The van der Waals surface area contributed by atoms with Crippen LogP contribution in [0.25, 0.3) is 0 Å². The summed E-state index contributed by atoms with van der Waals surface area (Å²) in [5.74, 6) is 0. The number of hydrogen-bond donors (Lipinski definition) is 1. The van der Waals surface area contributed by atoms with E-state index in [0.29, 0.717) is 0 Å². The number of rotatable bonds is 13. The molecule has 1 aromatic rings. The van der Waals surface area contributed by atoms with Gasteiger partial charge in [0.05, 0.1) is 25.7 Å². The highest BCUT2D eigenvalue weighted by molar-refractivity contribution is 7.44. The van der Waals surface area contributed by atoms with Crippen LogP contribution in [0.15, 0.2) is 21.9 Å². The summed E-state index contributed by atoms with van der Waals surface area (Å²) < 4.78 is 28.3. The zero-order valence-corrected chi connectivity index (χ0v) is 23.3. The minimum absolute atomic E-state index is 0.108. The van der Waals surface area contributed by atoms with Crippen molar-refractivity contribution in [3.8, 4) is 6.07 Å². The number of hydroxylamine groups is 2. The van der Waals surface area contributed by atoms with Crippen molar-refractivity contribution in [2.45, 2.75) is 90.0 Å². The Kier molecular flexibility index (Phi) is 11.7. The first-order valence-electron chi connectivity index (χ1n) is 12.9. The Balaban J connectivity index is 1.90. The number of aromatic amines is 1. The first kappa shape index (κ1) is 29.9. The van der Waals surface area contributed by atoms with Crippen molar-refractivity contribution < 1.29 is 23.4 Å². The topological polar surface area (TPSA) is 131 Å². The van der Waals surface area contributed by atoms with Crippen LogP contribution in [-0.4, -0.2) is 83.1 Å². The van der Waals surface area contributed by atoms with Crippen LogP contribution >= 0.6 is 8.53 Å². The lowest BCUT2D eigenvalue weighted by Crippen LogP contribution is -2.42. The van der Waals surface area contributed by atoms with E-state index in [9.17, 15) is 9.59 Å². The standard InChI is InChI=1S/C24H40N5O7P/c1-17(2)29(18(3)4)37(34-15-9-11-25)36-21-19(16-33-27-12-7-6-8-13-27)35-23(22(21)32-5)28-14-10-20(30)26-24(28)31/h10,14,17-19,21-23H,6-9,12-13,15-16H2,1-5H3,(H,26,30,31). The Bertz CT molecular complexity index is 983. The lowest BCUT2D eigenvalue weighted by Gasteiger charge is -2.38. The first-order valence-corrected chi connectivity index (χ1v) is 14.0. The van der Waals surface area contributed by atoms with E-state index in [0.717, 1.165) is 25.9 Å². The van der Waals surface area contributed by atoms with E-state index in [1.165, 1.54) is 30.4 Å². The monoisotopic (exact) mass is 541 g/mol. The molecule has 2 aliphatic heterocycles. The fourth-order valence-electron chi connectivity index (χ4n) is 4.64. The molecule has 5 atom stereocenters. The van der Waals surface area contributed by atoms with Gasteiger partial charge in [-0.1, -0.05) is 6.42 Å². The van der Waals surface area contributed by atoms with Gasteiger partial charge < -0.3 is 18.5 Å². The van der Waals surface area contributed by atoms with Gasteiger partial charge in [-0.3, -0.25) is 19.2 Å². The van der Waals surface area contributed by atoms with Gasteiger partial charge in [-0.15, -0.1) is 0 Å². The van der Waals surface area contributed by atoms with Crippen LogP contribution in [0.1, 0.15) is 59.6 Å². The molecule has 0 amide bonds. The molecule has 1 aromatic heterocycles. The summed E-state index contributed by atoms with van der Waals surface area (Å²) in [5.41, 5.74) is -1.10. The van der Waals surface area contributed by atoms with Gasteiger partial charge in [0.1, 0.15) is 18.3 Å². The molecule has 2 fully saturated rings. The molecule has 0 saturated carbocycles. The number of hydrogen-bond acceptors (Lipinski definition) is 10. The molecular formula is C24H40N5O7P. The van der Waals surface area contributed by atoms with E-state index in [-0.39, 0.29) is 31.7 Å². The Morgan fingerprint density at radius 1 is 1.19 bits per heavy atom. The van der Waals surface area contributed by atoms with Crippen LogP contribution in [0.5, 0.6) is 0 Å². The molecule has 13 heteroatoms. The number of methoxy groups -OCH3 is 1. The molecule has 0 aliphatic carbocycles. The zero-order valence-electron chi connectivity index (χ0n) is 22.4. The van der Waals surface area contributed by atoms with E-state index in [4.69, 9.17) is 28.6 Å². The van der Waals surface area contributed by atoms with Gasteiger partial charge in [0.2, 0.25) is 0 Å². The molecule has 0 bridgehead atoms. The molecule has 0 spiro atoms. The number of aromatic nitrogens is 2. The molecule has 3 rings (SSSR count). The number of H-pyrrole nitrogens is 1. The van der Waals surface area contributed by atoms with E-state index in [2.05, 4.69) is 43.4 Å². The highest BCUT2D eigenvalue weighted by atomic mass is 31.2. The number of ether oxygens (including phenoxy) is 2. The van der Waals surface area contributed by atoms with E-state index in [1.807, 2.05) is 5.06 Å². The van der Waals surface area contributed by atoms with Gasteiger partial charge in [0, 0.05) is 44.5 Å². The third-order valence-corrected chi connectivity index (χ3v) is 8.42. The average Bonchev–Trinajstić information content (AvgIpc) is 3.19. The first-order chi connectivity index (χ1) is 17.8. The second kappa shape index (κ2) is 14.5. The molecule has 5 unspecified atom stereocenters. The van der Waals surface area contributed by atoms with E-state index in [1.54, 1.807) is 0 Å². The zero-order chi connectivity index (χ0) is 26.9. The fraction of sp³-hybridized carbons (Fsp3) is 0.792. The summed E-state index contributed by atoms with van der Waals surface area (Å²) in [6, 6.07) is 3.59. The summed E-state index contributed by atoms with van der Waals surface area (Å²) in [7, 11) is -0.0715. The van der Waals surface area contributed by atoms with Crippen molar-refractivity contribution in [3.63, 3.8) is 0 Å². The Morgan fingerprint density at radius 2 is 1.89 bits per heavy atom. The number of nitrogens with zero attached hydrogens (tertiary/aromatic N) is 4. The average molecular weight is 542 g/mol. The summed E-state index contributed by atoms with van der Waals surface area (Å²) >= 11 is 0. The van der Waals surface area contributed by atoms with Crippen molar-refractivity contribution in [2.24, 2.45) is 0 Å². The van der Waals surface area contributed by atoms with Gasteiger partial charge in [-0.2, -0.15) is 10.3 Å². The smallest absolute Gasteiger partial charge is 0.330 e. The Morgan fingerprint density at radius 3 is 2.49 bits per heavy atom. The molecule has 0 aromatic carbocycles. The predicted molar refractivity (Wildman–Crippen MR) is 137 cm³/mol. The number of nitrogens with one attached hydrogen (secondary N) is 1. The fourth-order valence-corrected chi connectivity index (χ4v) is 6.41. The van der Waals surface area contributed by atoms with Crippen LogP contribution in [0.2, 0.25) is 0 Å². The molecule has 208 valence electrons. The van der Waals surface area contributed by atoms with Crippen molar-refractivity contribution >= 4 is 8.53 Å². The van der Waals surface area contributed by atoms with Crippen molar-refractivity contribution in [1.29, 1.82) is 5.26 Å². The van der Waals surface area contributed by atoms with Crippen LogP contribution < -0.4 is 11.2 Å². The van der Waals surface area contributed by atoms with Crippen LogP contribution in [0, 0.1) is 11.3 Å². The number of nitriles is 1. The van der Waals surface area contributed by atoms with Gasteiger partial charge in [0.15, 0.2) is 6.23 Å². The molecule has 2 saturated heterocycles. The van der Waals surface area contributed by atoms with Crippen molar-refractivity contribution in [2.75, 3.05) is 33.4 Å². The highest BCUT2D eigenvalue weighted by Gasteiger charge is 2.50. The summed E-state index contributed by atoms with van der Waals surface area (Å²) in [6.07, 6.45) is 2.17. The molecule has 12 nitrogen and oxygen atoms in total. The Hall–Kier alpha value is -1.68. The summed E-state index contributed by atoms with van der Waals surface area (Å²) in [4.78, 5) is 32.6. The van der Waals surface area contributed by atoms with Crippen LogP contribution in [0.4, 0.5) is 0 Å². The van der Waals surface area contributed by atoms with Gasteiger partial charge in [-0.25, -0.2) is 9.46 Å². The van der Waals surface area contributed by atoms with Crippen LogP contribution in [-0.2, 0) is 23.4 Å². The Labute approximate surface area is 219 Å². The maximum atomic E-state index is 12.6.